The van der Waals surface area contributed by atoms with Gasteiger partial charge in [-0.15, -0.1) is 0 Å². The Balaban J connectivity index is 2.26. The van der Waals surface area contributed by atoms with Gasteiger partial charge in [0.2, 0.25) is 0 Å². The zero-order valence-electron chi connectivity index (χ0n) is 10.5. The van der Waals surface area contributed by atoms with Crippen molar-refractivity contribution in [3.8, 4) is 0 Å². The van der Waals surface area contributed by atoms with E-state index in [0.717, 1.165) is 12.0 Å². The summed E-state index contributed by atoms with van der Waals surface area (Å²) in [6.07, 6.45) is 5.71. The zero-order chi connectivity index (χ0) is 13.1. The van der Waals surface area contributed by atoms with Crippen molar-refractivity contribution < 1.29 is 9.59 Å². The average molecular weight is 241 g/mol. The second-order valence-corrected chi connectivity index (χ2v) is 4.19. The highest BCUT2D eigenvalue weighted by Crippen LogP contribution is 2.22. The van der Waals surface area contributed by atoms with Gasteiger partial charge >= 0.3 is 0 Å². The fraction of sp³-hybridized carbons (Fsp3) is 0.200. The Hall–Kier alpha value is -2.16. The molecule has 0 saturated carbocycles. The van der Waals surface area contributed by atoms with Crippen molar-refractivity contribution in [1.29, 1.82) is 0 Å². The van der Waals surface area contributed by atoms with Crippen molar-refractivity contribution in [3.05, 3.63) is 48.1 Å². The minimum Gasteiger partial charge on any atom is -0.269 e. The molecule has 0 saturated heterocycles. The Labute approximate surface area is 106 Å². The van der Waals surface area contributed by atoms with Crippen molar-refractivity contribution in [2.24, 2.45) is 0 Å². The number of amides is 2. The number of hydrogen-bond acceptors (Lipinski definition) is 2. The molecule has 0 atom stereocenters. The van der Waals surface area contributed by atoms with Gasteiger partial charge in [0.15, 0.2) is 0 Å². The van der Waals surface area contributed by atoms with Gasteiger partial charge in [0, 0.05) is 12.2 Å². The molecule has 1 aliphatic heterocycles. The van der Waals surface area contributed by atoms with Crippen molar-refractivity contribution >= 4 is 23.1 Å². The predicted molar refractivity (Wildman–Crippen MR) is 72.0 cm³/mol. The number of benzene rings is 1. The lowest BCUT2D eigenvalue weighted by Crippen LogP contribution is -2.29. The Morgan fingerprint density at radius 1 is 1.11 bits per heavy atom. The summed E-state index contributed by atoms with van der Waals surface area (Å²) in [5, 5.41) is 0. The van der Waals surface area contributed by atoms with Crippen LogP contribution in [0.2, 0.25) is 0 Å². The summed E-state index contributed by atoms with van der Waals surface area (Å²) in [4.78, 5) is 24.2. The van der Waals surface area contributed by atoms with Gasteiger partial charge in [-0.2, -0.15) is 0 Å². The first-order valence-electron chi connectivity index (χ1n) is 5.97. The fourth-order valence-corrected chi connectivity index (χ4v) is 1.95. The van der Waals surface area contributed by atoms with E-state index in [1.807, 2.05) is 19.1 Å². The van der Waals surface area contributed by atoms with Crippen LogP contribution in [0.5, 0.6) is 0 Å². The van der Waals surface area contributed by atoms with Crippen molar-refractivity contribution in [2.45, 2.75) is 20.3 Å². The van der Waals surface area contributed by atoms with Crippen LogP contribution in [0, 0.1) is 0 Å². The molecule has 1 heterocycles. The summed E-state index contributed by atoms with van der Waals surface area (Å²) in [6, 6.07) is 7.45. The molecule has 0 bridgehead atoms. The van der Waals surface area contributed by atoms with Crippen LogP contribution in [-0.2, 0) is 9.59 Å². The van der Waals surface area contributed by atoms with E-state index < -0.39 is 0 Å². The smallest absolute Gasteiger partial charge is 0.258 e. The highest BCUT2D eigenvalue weighted by Gasteiger charge is 2.24. The van der Waals surface area contributed by atoms with E-state index in [9.17, 15) is 9.59 Å². The molecular weight excluding hydrogens is 226 g/mol. The van der Waals surface area contributed by atoms with Crippen LogP contribution in [0.25, 0.3) is 5.57 Å². The van der Waals surface area contributed by atoms with E-state index in [1.165, 1.54) is 22.6 Å². The molecule has 1 aromatic rings. The molecule has 0 spiro atoms. The average Bonchev–Trinajstić information content (AvgIpc) is 2.70. The lowest BCUT2D eigenvalue weighted by atomic mass is 10.1. The Bertz CT molecular complexity index is 520. The summed E-state index contributed by atoms with van der Waals surface area (Å²) < 4.78 is 0. The van der Waals surface area contributed by atoms with Crippen LogP contribution in [0.15, 0.2) is 42.5 Å². The maximum atomic E-state index is 11.5. The lowest BCUT2D eigenvalue weighted by molar-refractivity contribution is -0.119. The van der Waals surface area contributed by atoms with Gasteiger partial charge in [-0.05, 0) is 36.6 Å². The van der Waals surface area contributed by atoms with Crippen molar-refractivity contribution in [1.82, 2.24) is 0 Å². The number of carbonyl (C=O) groups excluding carboxylic acids is 2. The lowest BCUT2D eigenvalue weighted by Gasteiger charge is -2.14. The molecule has 2 rings (SSSR count). The quantitative estimate of drug-likeness (QED) is 0.763. The molecule has 1 aliphatic rings. The van der Waals surface area contributed by atoms with Gasteiger partial charge < -0.3 is 0 Å². The van der Waals surface area contributed by atoms with E-state index in [1.54, 1.807) is 12.1 Å². The Morgan fingerprint density at radius 3 is 2.17 bits per heavy atom. The minimum atomic E-state index is -0.284. The van der Waals surface area contributed by atoms with Crippen LogP contribution in [0.1, 0.15) is 25.8 Å². The number of nitrogens with zero attached hydrogens (tertiary/aromatic N) is 1. The second-order valence-electron chi connectivity index (χ2n) is 4.19. The van der Waals surface area contributed by atoms with Gasteiger partial charge in [0.05, 0.1) is 5.69 Å². The molecule has 0 unspecified atom stereocenters. The van der Waals surface area contributed by atoms with Crippen molar-refractivity contribution in [2.75, 3.05) is 4.90 Å². The molecule has 1 aromatic carbocycles. The van der Waals surface area contributed by atoms with Crippen LogP contribution < -0.4 is 4.90 Å². The maximum absolute atomic E-state index is 11.5. The molecule has 0 radical (unpaired) electrons. The summed E-state index contributed by atoms with van der Waals surface area (Å²) in [5.41, 5.74) is 2.91. The third-order valence-corrected chi connectivity index (χ3v) is 2.90. The van der Waals surface area contributed by atoms with Crippen LogP contribution >= 0.6 is 0 Å². The Morgan fingerprint density at radius 2 is 1.67 bits per heavy atom. The number of anilines is 1. The SMILES string of the molecule is CC/C=C(\C)c1ccc(N2C(=O)C=CC2=O)cc1. The summed E-state index contributed by atoms with van der Waals surface area (Å²) in [6.45, 7) is 4.14. The van der Waals surface area contributed by atoms with E-state index in [2.05, 4.69) is 13.0 Å². The predicted octanol–water partition coefficient (Wildman–Crippen LogP) is 2.93. The van der Waals surface area contributed by atoms with Gasteiger partial charge in [0.25, 0.3) is 11.8 Å². The number of allylic oxidation sites excluding steroid dienone is 2. The first kappa shape index (κ1) is 12.3. The largest absolute Gasteiger partial charge is 0.269 e. The zero-order valence-corrected chi connectivity index (χ0v) is 10.5. The molecule has 18 heavy (non-hydrogen) atoms. The summed E-state index contributed by atoms with van der Waals surface area (Å²) >= 11 is 0. The van der Waals surface area contributed by atoms with E-state index in [4.69, 9.17) is 0 Å². The molecule has 0 aliphatic carbocycles. The summed E-state index contributed by atoms with van der Waals surface area (Å²) in [5.74, 6) is -0.567. The number of hydrogen-bond donors (Lipinski definition) is 0. The van der Waals surface area contributed by atoms with Gasteiger partial charge in [-0.25, -0.2) is 4.90 Å². The van der Waals surface area contributed by atoms with Gasteiger partial charge in [-0.3, -0.25) is 9.59 Å². The van der Waals surface area contributed by atoms with Crippen LogP contribution in [-0.4, -0.2) is 11.8 Å². The molecule has 0 fully saturated rings. The van der Waals surface area contributed by atoms with Crippen LogP contribution in [0.3, 0.4) is 0 Å². The monoisotopic (exact) mass is 241 g/mol. The standard InChI is InChI=1S/C15H15NO2/c1-3-4-11(2)12-5-7-13(8-6-12)16-14(17)9-10-15(16)18/h4-10H,3H2,1-2H3/b11-4+. The fourth-order valence-electron chi connectivity index (χ4n) is 1.95. The Kier molecular flexibility index (Phi) is 3.42. The van der Waals surface area contributed by atoms with E-state index >= 15 is 0 Å². The highest BCUT2D eigenvalue weighted by molar-refractivity contribution is 6.28. The van der Waals surface area contributed by atoms with E-state index in [-0.39, 0.29) is 11.8 Å². The highest BCUT2D eigenvalue weighted by atomic mass is 16.2. The second kappa shape index (κ2) is 5.00. The molecule has 3 heteroatoms. The number of imide groups is 1. The van der Waals surface area contributed by atoms with Crippen LogP contribution in [0.4, 0.5) is 5.69 Å². The van der Waals surface area contributed by atoms with Crippen molar-refractivity contribution in [3.63, 3.8) is 0 Å². The number of rotatable bonds is 3. The van der Waals surface area contributed by atoms with Gasteiger partial charge in [0.1, 0.15) is 0 Å². The molecule has 0 aromatic heterocycles. The third-order valence-electron chi connectivity index (χ3n) is 2.90. The first-order valence-corrected chi connectivity index (χ1v) is 5.97. The molecule has 2 amide bonds. The first-order chi connectivity index (χ1) is 8.63. The third kappa shape index (κ3) is 2.25. The minimum absolute atomic E-state index is 0.284. The molecule has 92 valence electrons. The molecular formula is C15H15NO2. The number of carbonyl (C=O) groups is 2. The van der Waals surface area contributed by atoms with Gasteiger partial charge in [-0.1, -0.05) is 25.1 Å². The molecule has 3 nitrogen and oxygen atoms in total. The maximum Gasteiger partial charge on any atom is 0.258 e. The summed E-state index contributed by atoms with van der Waals surface area (Å²) in [7, 11) is 0. The molecule has 0 N–H and O–H groups in total. The topological polar surface area (TPSA) is 37.4 Å². The van der Waals surface area contributed by atoms with E-state index in [0.29, 0.717) is 5.69 Å². The normalized spacial score (nSPS) is 15.7.